The molecular formula is C16H20N6O. The standard InChI is InChI=1S/C16H20N6O/c1-20-15(23)6-5-14(19-20)21-7-9-22(10-8-21)16-12-3-2-4-13(12)17-11-18-16/h5-6,11H,2-4,7-10H2,1H3. The zero-order chi connectivity index (χ0) is 15.8. The highest BCUT2D eigenvalue weighted by Crippen LogP contribution is 2.28. The third-order valence-electron chi connectivity index (χ3n) is 4.70. The highest BCUT2D eigenvalue weighted by atomic mass is 16.1. The molecule has 0 spiro atoms. The number of piperazine rings is 1. The van der Waals surface area contributed by atoms with Crippen LogP contribution in [0.4, 0.5) is 11.6 Å². The maximum atomic E-state index is 11.5. The van der Waals surface area contributed by atoms with Gasteiger partial charge in [-0.2, -0.15) is 5.10 Å². The van der Waals surface area contributed by atoms with E-state index in [0.717, 1.165) is 50.7 Å². The highest BCUT2D eigenvalue weighted by molar-refractivity contribution is 5.52. The van der Waals surface area contributed by atoms with Gasteiger partial charge in [0.05, 0.1) is 0 Å². The molecule has 2 aliphatic rings. The van der Waals surface area contributed by atoms with Crippen LogP contribution in [0.15, 0.2) is 23.3 Å². The number of fused-ring (bicyclic) bond motifs is 1. The van der Waals surface area contributed by atoms with Crippen molar-refractivity contribution in [3.05, 3.63) is 40.1 Å². The Kier molecular flexibility index (Phi) is 3.48. The summed E-state index contributed by atoms with van der Waals surface area (Å²) in [5.41, 5.74) is 2.47. The lowest BCUT2D eigenvalue weighted by Gasteiger charge is -2.36. The number of hydrogen-bond acceptors (Lipinski definition) is 6. The number of aromatic nitrogens is 4. The van der Waals surface area contributed by atoms with Gasteiger partial charge in [-0.15, -0.1) is 0 Å². The van der Waals surface area contributed by atoms with Crippen molar-refractivity contribution < 1.29 is 0 Å². The van der Waals surface area contributed by atoms with E-state index in [1.54, 1.807) is 25.5 Å². The Bertz CT molecular complexity index is 778. The minimum absolute atomic E-state index is 0.0797. The first-order valence-electron chi connectivity index (χ1n) is 8.09. The van der Waals surface area contributed by atoms with Crippen LogP contribution in [0.1, 0.15) is 17.7 Å². The van der Waals surface area contributed by atoms with E-state index in [-0.39, 0.29) is 5.56 Å². The van der Waals surface area contributed by atoms with E-state index in [2.05, 4.69) is 24.9 Å². The lowest BCUT2D eigenvalue weighted by atomic mass is 10.2. The van der Waals surface area contributed by atoms with Crippen molar-refractivity contribution in [1.29, 1.82) is 0 Å². The molecule has 1 aliphatic carbocycles. The fourth-order valence-electron chi connectivity index (χ4n) is 3.42. The topological polar surface area (TPSA) is 67.2 Å². The summed E-state index contributed by atoms with van der Waals surface area (Å²) in [5, 5.41) is 4.34. The summed E-state index contributed by atoms with van der Waals surface area (Å²) in [6, 6.07) is 3.38. The zero-order valence-corrected chi connectivity index (χ0v) is 13.3. The molecule has 0 unspecified atom stereocenters. The number of nitrogens with zero attached hydrogens (tertiary/aromatic N) is 6. The summed E-state index contributed by atoms with van der Waals surface area (Å²) in [4.78, 5) is 25.0. The lowest BCUT2D eigenvalue weighted by molar-refractivity contribution is 0.617. The molecule has 2 aromatic rings. The van der Waals surface area contributed by atoms with Crippen molar-refractivity contribution in [1.82, 2.24) is 19.7 Å². The summed E-state index contributed by atoms with van der Waals surface area (Å²) in [6.07, 6.45) is 5.05. The largest absolute Gasteiger partial charge is 0.353 e. The molecule has 0 radical (unpaired) electrons. The Morgan fingerprint density at radius 2 is 1.78 bits per heavy atom. The van der Waals surface area contributed by atoms with Crippen LogP contribution in [-0.2, 0) is 19.9 Å². The molecule has 1 fully saturated rings. The Labute approximate surface area is 134 Å². The maximum absolute atomic E-state index is 11.5. The molecule has 7 heteroatoms. The monoisotopic (exact) mass is 312 g/mol. The molecule has 2 aromatic heterocycles. The first kappa shape index (κ1) is 14.2. The molecule has 1 aliphatic heterocycles. The van der Waals surface area contributed by atoms with Crippen LogP contribution in [0.25, 0.3) is 0 Å². The molecular weight excluding hydrogens is 292 g/mol. The van der Waals surface area contributed by atoms with Gasteiger partial charge in [-0.05, 0) is 25.3 Å². The van der Waals surface area contributed by atoms with Crippen LogP contribution < -0.4 is 15.4 Å². The van der Waals surface area contributed by atoms with Gasteiger partial charge >= 0.3 is 0 Å². The zero-order valence-electron chi connectivity index (χ0n) is 13.3. The van der Waals surface area contributed by atoms with Crippen LogP contribution >= 0.6 is 0 Å². The summed E-state index contributed by atoms with van der Waals surface area (Å²) in [6.45, 7) is 3.58. The minimum atomic E-state index is -0.0797. The van der Waals surface area contributed by atoms with Crippen LogP contribution in [0.5, 0.6) is 0 Å². The summed E-state index contributed by atoms with van der Waals surface area (Å²) >= 11 is 0. The number of hydrogen-bond donors (Lipinski definition) is 0. The van der Waals surface area contributed by atoms with E-state index < -0.39 is 0 Å². The second-order valence-corrected chi connectivity index (χ2v) is 6.10. The number of anilines is 2. The van der Waals surface area contributed by atoms with E-state index in [0.29, 0.717) is 0 Å². The summed E-state index contributed by atoms with van der Waals surface area (Å²) in [7, 11) is 1.69. The van der Waals surface area contributed by atoms with Crippen molar-refractivity contribution in [2.75, 3.05) is 36.0 Å². The Balaban J connectivity index is 1.50. The van der Waals surface area contributed by atoms with Gasteiger partial charge in [0.15, 0.2) is 0 Å². The van der Waals surface area contributed by atoms with E-state index in [4.69, 9.17) is 0 Å². The molecule has 0 saturated carbocycles. The van der Waals surface area contributed by atoms with E-state index >= 15 is 0 Å². The van der Waals surface area contributed by atoms with Gasteiger partial charge in [0.25, 0.3) is 5.56 Å². The molecule has 0 bridgehead atoms. The second-order valence-electron chi connectivity index (χ2n) is 6.10. The predicted octanol–water partition coefficient (Wildman–Crippen LogP) is 0.386. The molecule has 120 valence electrons. The van der Waals surface area contributed by atoms with Gasteiger partial charge in [-0.1, -0.05) is 0 Å². The fraction of sp³-hybridized carbons (Fsp3) is 0.500. The van der Waals surface area contributed by atoms with Crippen LogP contribution in [-0.4, -0.2) is 45.9 Å². The first-order valence-corrected chi connectivity index (χ1v) is 8.09. The van der Waals surface area contributed by atoms with Crippen molar-refractivity contribution in [2.45, 2.75) is 19.3 Å². The minimum Gasteiger partial charge on any atom is -0.353 e. The van der Waals surface area contributed by atoms with Crippen molar-refractivity contribution in [2.24, 2.45) is 7.05 Å². The van der Waals surface area contributed by atoms with Gasteiger partial charge in [0.1, 0.15) is 18.0 Å². The molecule has 23 heavy (non-hydrogen) atoms. The summed E-state index contributed by atoms with van der Waals surface area (Å²) in [5.74, 6) is 1.97. The molecule has 1 saturated heterocycles. The molecule has 3 heterocycles. The predicted molar refractivity (Wildman–Crippen MR) is 88.0 cm³/mol. The first-order chi connectivity index (χ1) is 11.2. The van der Waals surface area contributed by atoms with Gasteiger partial charge in [-0.25, -0.2) is 14.6 Å². The second kappa shape index (κ2) is 5.64. The molecule has 7 nitrogen and oxygen atoms in total. The Morgan fingerprint density at radius 3 is 2.57 bits per heavy atom. The number of aryl methyl sites for hydroxylation is 2. The smallest absolute Gasteiger partial charge is 0.266 e. The summed E-state index contributed by atoms with van der Waals surface area (Å²) < 4.78 is 1.39. The lowest BCUT2D eigenvalue weighted by Crippen LogP contribution is -2.47. The average Bonchev–Trinajstić information content (AvgIpc) is 3.06. The Morgan fingerprint density at radius 1 is 1.00 bits per heavy atom. The van der Waals surface area contributed by atoms with Crippen LogP contribution in [0.3, 0.4) is 0 Å². The quantitative estimate of drug-likeness (QED) is 0.799. The van der Waals surface area contributed by atoms with Crippen molar-refractivity contribution >= 4 is 11.6 Å². The molecule has 0 atom stereocenters. The van der Waals surface area contributed by atoms with Crippen molar-refractivity contribution in [3.8, 4) is 0 Å². The molecule has 0 amide bonds. The molecule has 0 aromatic carbocycles. The highest BCUT2D eigenvalue weighted by Gasteiger charge is 2.24. The van der Waals surface area contributed by atoms with Crippen molar-refractivity contribution in [3.63, 3.8) is 0 Å². The van der Waals surface area contributed by atoms with E-state index in [1.807, 2.05) is 0 Å². The average molecular weight is 312 g/mol. The molecule has 0 N–H and O–H groups in total. The van der Waals surface area contributed by atoms with Gasteiger partial charge in [0, 0.05) is 50.6 Å². The van der Waals surface area contributed by atoms with Gasteiger partial charge in [0.2, 0.25) is 0 Å². The van der Waals surface area contributed by atoms with E-state index in [9.17, 15) is 4.79 Å². The van der Waals surface area contributed by atoms with Crippen LogP contribution in [0.2, 0.25) is 0 Å². The van der Waals surface area contributed by atoms with Gasteiger partial charge < -0.3 is 9.80 Å². The van der Waals surface area contributed by atoms with E-state index in [1.165, 1.54) is 22.4 Å². The third kappa shape index (κ3) is 2.56. The maximum Gasteiger partial charge on any atom is 0.266 e. The Hall–Kier alpha value is -2.44. The third-order valence-corrected chi connectivity index (χ3v) is 4.70. The number of rotatable bonds is 2. The SMILES string of the molecule is Cn1nc(N2CCN(c3ncnc4c3CCC4)CC2)ccc1=O. The molecule has 4 rings (SSSR count). The van der Waals surface area contributed by atoms with Crippen LogP contribution in [0, 0.1) is 0 Å². The normalized spacial score (nSPS) is 17.4. The van der Waals surface area contributed by atoms with Gasteiger partial charge in [-0.3, -0.25) is 4.79 Å². The fourth-order valence-corrected chi connectivity index (χ4v) is 3.42.